The van der Waals surface area contributed by atoms with Crippen molar-refractivity contribution in [1.82, 2.24) is 25.1 Å². The summed E-state index contributed by atoms with van der Waals surface area (Å²) in [5.74, 6) is -0.152. The number of pyridine rings is 1. The molecule has 0 unspecified atom stereocenters. The van der Waals surface area contributed by atoms with Gasteiger partial charge < -0.3 is 29.9 Å². The topological polar surface area (TPSA) is 111 Å². The summed E-state index contributed by atoms with van der Waals surface area (Å²) < 4.78 is 5.07. The monoisotopic (exact) mass is 491 g/mol. The number of nitrogens with one attached hydrogen (secondary N) is 2. The summed E-state index contributed by atoms with van der Waals surface area (Å²) in [6, 6.07) is 3.68. The lowest BCUT2D eigenvalue weighted by Gasteiger charge is -2.31. The van der Waals surface area contributed by atoms with Gasteiger partial charge in [-0.2, -0.15) is 0 Å². The molecule has 2 aromatic rings. The molecule has 2 aliphatic rings. The van der Waals surface area contributed by atoms with Crippen molar-refractivity contribution in [3.05, 3.63) is 71.4 Å². The number of allylic oxidation sites excluding steroid dienone is 3. The van der Waals surface area contributed by atoms with E-state index in [0.717, 1.165) is 27.8 Å². The fraction of sp³-hybridized carbons (Fsp3) is 0.370. The van der Waals surface area contributed by atoms with Crippen LogP contribution in [0.4, 0.5) is 4.79 Å². The normalized spacial score (nSPS) is 17.0. The van der Waals surface area contributed by atoms with Crippen molar-refractivity contribution in [3.8, 4) is 0 Å². The highest BCUT2D eigenvalue weighted by Gasteiger charge is 2.26. The van der Waals surface area contributed by atoms with E-state index in [1.165, 1.54) is 0 Å². The third kappa shape index (κ3) is 5.45. The molecule has 190 valence electrons. The van der Waals surface area contributed by atoms with Crippen molar-refractivity contribution in [3.63, 3.8) is 0 Å². The standard InChI is InChI=1S/C27H33N5O4/c1-5-36-27(35)32-12-9-20(10-13-32)29-26(34)21-8-11-28-25-22(21)14-24(30-25)23-16-31(4)15-19(18(23)3)7-6-17(2)33/h6-8,11,14,16,20,33H,2,5,9-10,12-13,15H2,1,3-4H3,(H,28,30)(H,29,34)/b7-6-. The van der Waals surface area contributed by atoms with E-state index < -0.39 is 0 Å². The molecule has 2 aromatic heterocycles. The lowest BCUT2D eigenvalue weighted by molar-refractivity contribution is 0.0861. The molecule has 4 rings (SSSR count). The molecule has 0 bridgehead atoms. The van der Waals surface area contributed by atoms with Crippen molar-refractivity contribution >= 4 is 28.6 Å². The molecule has 1 saturated heterocycles. The summed E-state index contributed by atoms with van der Waals surface area (Å²) >= 11 is 0. The number of amides is 2. The number of likely N-dealkylation sites (N-methyl/N-ethyl adjacent to an activating group) is 1. The number of aliphatic hydroxyl groups excluding tert-OH is 1. The van der Waals surface area contributed by atoms with Gasteiger partial charge >= 0.3 is 6.09 Å². The first-order valence-electron chi connectivity index (χ1n) is 12.2. The van der Waals surface area contributed by atoms with Gasteiger partial charge in [0.2, 0.25) is 0 Å². The van der Waals surface area contributed by atoms with Crippen LogP contribution in [0.25, 0.3) is 16.6 Å². The first-order valence-corrected chi connectivity index (χ1v) is 12.2. The number of hydrogen-bond donors (Lipinski definition) is 3. The molecular weight excluding hydrogens is 458 g/mol. The Morgan fingerprint density at radius 2 is 2.11 bits per heavy atom. The van der Waals surface area contributed by atoms with E-state index >= 15 is 0 Å². The third-order valence-corrected chi connectivity index (χ3v) is 6.55. The van der Waals surface area contributed by atoms with Crippen LogP contribution < -0.4 is 5.32 Å². The summed E-state index contributed by atoms with van der Waals surface area (Å²) in [6.45, 7) is 9.51. The van der Waals surface area contributed by atoms with E-state index in [9.17, 15) is 14.7 Å². The quantitative estimate of drug-likeness (QED) is 0.414. The molecule has 36 heavy (non-hydrogen) atoms. The minimum Gasteiger partial charge on any atom is -0.509 e. The van der Waals surface area contributed by atoms with Crippen molar-refractivity contribution in [2.75, 3.05) is 33.3 Å². The highest BCUT2D eigenvalue weighted by molar-refractivity contribution is 6.06. The van der Waals surface area contributed by atoms with Gasteiger partial charge in [0, 0.05) is 61.8 Å². The number of ether oxygens (including phenoxy) is 1. The first-order chi connectivity index (χ1) is 17.3. The lowest BCUT2D eigenvalue weighted by Crippen LogP contribution is -2.46. The highest BCUT2D eigenvalue weighted by Crippen LogP contribution is 2.32. The summed E-state index contributed by atoms with van der Waals surface area (Å²) in [4.78, 5) is 36.7. The Morgan fingerprint density at radius 1 is 1.36 bits per heavy atom. The number of aromatic nitrogens is 2. The molecule has 0 aromatic carbocycles. The number of rotatable bonds is 6. The molecule has 2 amide bonds. The fourth-order valence-corrected chi connectivity index (χ4v) is 4.62. The molecule has 0 saturated carbocycles. The average Bonchev–Trinajstić information content (AvgIpc) is 3.29. The van der Waals surface area contributed by atoms with Gasteiger partial charge in [-0.3, -0.25) is 4.79 Å². The summed E-state index contributed by atoms with van der Waals surface area (Å²) in [7, 11) is 1.99. The molecule has 0 atom stereocenters. The number of fused-ring (bicyclic) bond motifs is 1. The van der Waals surface area contributed by atoms with E-state index in [1.54, 1.807) is 30.2 Å². The molecule has 0 aliphatic carbocycles. The number of H-pyrrole nitrogens is 1. The van der Waals surface area contributed by atoms with Gasteiger partial charge in [0.25, 0.3) is 5.91 Å². The van der Waals surface area contributed by atoms with E-state index in [1.807, 2.05) is 26.1 Å². The number of carbonyl (C=O) groups excluding carboxylic acids is 2. The van der Waals surface area contributed by atoms with Crippen LogP contribution in [0.2, 0.25) is 0 Å². The van der Waals surface area contributed by atoms with Crippen LogP contribution >= 0.6 is 0 Å². The Labute approximate surface area is 210 Å². The Hall–Kier alpha value is -4.01. The summed E-state index contributed by atoms with van der Waals surface area (Å²) in [5, 5.41) is 13.3. The Kier molecular flexibility index (Phi) is 7.47. The van der Waals surface area contributed by atoms with Gasteiger partial charge in [-0.05, 0) is 56.0 Å². The molecular formula is C27H33N5O4. The van der Waals surface area contributed by atoms with Gasteiger partial charge in [0.05, 0.1) is 12.2 Å². The van der Waals surface area contributed by atoms with Crippen LogP contribution in [-0.4, -0.2) is 76.2 Å². The van der Waals surface area contributed by atoms with Crippen LogP contribution in [-0.2, 0) is 4.74 Å². The maximum absolute atomic E-state index is 13.2. The number of likely N-dealkylation sites (tertiary alicyclic amines) is 1. The molecule has 0 radical (unpaired) electrons. The summed E-state index contributed by atoms with van der Waals surface area (Å²) in [5.41, 5.74) is 5.16. The minimum absolute atomic E-state index is 0.00564. The predicted octanol–water partition coefficient (Wildman–Crippen LogP) is 4.14. The van der Waals surface area contributed by atoms with Crippen LogP contribution in [0.1, 0.15) is 42.7 Å². The Balaban J connectivity index is 1.53. The van der Waals surface area contributed by atoms with Gasteiger partial charge in [-0.1, -0.05) is 12.7 Å². The smallest absolute Gasteiger partial charge is 0.409 e. The fourth-order valence-electron chi connectivity index (χ4n) is 4.62. The van der Waals surface area contributed by atoms with Crippen LogP contribution in [0, 0.1) is 0 Å². The molecule has 3 N–H and O–H groups in total. The van der Waals surface area contributed by atoms with Gasteiger partial charge in [-0.15, -0.1) is 0 Å². The number of aliphatic hydroxyl groups is 1. The van der Waals surface area contributed by atoms with E-state index in [2.05, 4.69) is 33.0 Å². The van der Waals surface area contributed by atoms with Gasteiger partial charge in [0.15, 0.2) is 0 Å². The molecule has 9 nitrogen and oxygen atoms in total. The van der Waals surface area contributed by atoms with Crippen molar-refractivity contribution < 1.29 is 19.4 Å². The maximum Gasteiger partial charge on any atom is 0.409 e. The van der Waals surface area contributed by atoms with Crippen LogP contribution in [0.3, 0.4) is 0 Å². The molecule has 4 heterocycles. The number of hydrogen-bond acceptors (Lipinski definition) is 6. The van der Waals surface area contributed by atoms with Crippen LogP contribution in [0.5, 0.6) is 0 Å². The summed E-state index contributed by atoms with van der Waals surface area (Å²) in [6.07, 6.45) is 8.20. The van der Waals surface area contributed by atoms with Gasteiger partial charge in [0.1, 0.15) is 11.4 Å². The zero-order chi connectivity index (χ0) is 25.8. The third-order valence-electron chi connectivity index (χ3n) is 6.55. The molecule has 0 spiro atoms. The zero-order valence-corrected chi connectivity index (χ0v) is 21.0. The first kappa shape index (κ1) is 25.1. The molecule has 9 heteroatoms. The molecule has 1 fully saturated rings. The Bertz CT molecular complexity index is 1260. The average molecular weight is 492 g/mol. The lowest BCUT2D eigenvalue weighted by atomic mass is 9.95. The predicted molar refractivity (Wildman–Crippen MR) is 139 cm³/mol. The van der Waals surface area contributed by atoms with Crippen molar-refractivity contribution in [2.45, 2.75) is 32.7 Å². The van der Waals surface area contributed by atoms with Crippen LogP contribution in [0.15, 0.2) is 60.2 Å². The van der Waals surface area contributed by atoms with Gasteiger partial charge in [-0.25, -0.2) is 9.78 Å². The number of piperidine rings is 1. The second-order valence-electron chi connectivity index (χ2n) is 9.17. The Morgan fingerprint density at radius 3 is 2.81 bits per heavy atom. The van der Waals surface area contributed by atoms with Crippen molar-refractivity contribution in [2.24, 2.45) is 0 Å². The van der Waals surface area contributed by atoms with E-state index in [0.29, 0.717) is 50.3 Å². The SMILES string of the molecule is C=C(O)/C=C\C1=C(C)C(c2cc3c(C(=O)NC4CCN(C(=O)OCC)CC4)ccnc3[nH]2)=CN(C)C1. The van der Waals surface area contributed by atoms with Crippen molar-refractivity contribution in [1.29, 1.82) is 0 Å². The number of aromatic amines is 1. The number of nitrogens with zero attached hydrogens (tertiary/aromatic N) is 3. The highest BCUT2D eigenvalue weighted by atomic mass is 16.6. The zero-order valence-electron chi connectivity index (χ0n) is 21.0. The largest absolute Gasteiger partial charge is 0.509 e. The number of carbonyl (C=O) groups is 2. The second kappa shape index (κ2) is 10.7. The molecule has 2 aliphatic heterocycles. The van der Waals surface area contributed by atoms with E-state index in [4.69, 9.17) is 4.74 Å². The van der Waals surface area contributed by atoms with E-state index in [-0.39, 0.29) is 23.8 Å². The maximum atomic E-state index is 13.2. The minimum atomic E-state index is -0.301. The second-order valence-corrected chi connectivity index (χ2v) is 9.17.